The first-order chi connectivity index (χ1) is 10.0. The van der Waals surface area contributed by atoms with E-state index in [4.69, 9.17) is 11.6 Å². The Balaban J connectivity index is 1.85. The zero-order chi connectivity index (χ0) is 15.0. The second-order valence-corrected chi connectivity index (χ2v) is 7.37. The molecule has 1 aliphatic rings. The van der Waals surface area contributed by atoms with Crippen LogP contribution in [0.5, 0.6) is 0 Å². The van der Waals surface area contributed by atoms with Gasteiger partial charge in [-0.15, -0.1) is 0 Å². The molecule has 0 spiro atoms. The van der Waals surface area contributed by atoms with E-state index in [1.165, 1.54) is 0 Å². The van der Waals surface area contributed by atoms with Crippen molar-refractivity contribution in [3.05, 3.63) is 62.0 Å². The molecule has 108 valence electrons. The van der Waals surface area contributed by atoms with Crippen molar-refractivity contribution in [1.29, 1.82) is 0 Å². The van der Waals surface area contributed by atoms with Gasteiger partial charge in [0.15, 0.2) is 0 Å². The third-order valence-electron chi connectivity index (χ3n) is 3.76. The molecule has 1 fully saturated rings. The van der Waals surface area contributed by atoms with Gasteiger partial charge in [-0.25, -0.2) is 0 Å². The molecule has 5 heteroatoms. The van der Waals surface area contributed by atoms with E-state index in [1.807, 2.05) is 42.5 Å². The summed E-state index contributed by atoms with van der Waals surface area (Å²) in [5.74, 6) is 0.0311. The molecule has 0 bridgehead atoms. The molecule has 0 atom stereocenters. The monoisotopic (exact) mass is 427 g/mol. The van der Waals surface area contributed by atoms with Crippen LogP contribution in [0, 0.1) is 0 Å². The molecule has 1 aliphatic carbocycles. The van der Waals surface area contributed by atoms with Crippen LogP contribution in [-0.4, -0.2) is 5.91 Å². The molecule has 0 aliphatic heterocycles. The molecule has 2 aromatic carbocycles. The smallest absolute Gasteiger partial charge is 0.235 e. The standard InChI is InChI=1S/C16H12Br2ClNO/c17-11-3-6-13(18)14(9-11)20-15(21)16(7-8-16)10-1-4-12(19)5-2-10/h1-6,9H,7-8H2,(H,20,21). The van der Waals surface area contributed by atoms with Gasteiger partial charge in [-0.2, -0.15) is 0 Å². The van der Waals surface area contributed by atoms with Crippen molar-refractivity contribution >= 4 is 55.1 Å². The van der Waals surface area contributed by atoms with Crippen LogP contribution in [-0.2, 0) is 10.2 Å². The zero-order valence-corrected chi connectivity index (χ0v) is 14.9. The summed E-state index contributed by atoms with van der Waals surface area (Å²) in [5, 5.41) is 3.70. The van der Waals surface area contributed by atoms with E-state index in [1.54, 1.807) is 0 Å². The minimum absolute atomic E-state index is 0.0311. The van der Waals surface area contributed by atoms with E-state index in [9.17, 15) is 4.79 Å². The minimum Gasteiger partial charge on any atom is -0.324 e. The predicted molar refractivity (Wildman–Crippen MR) is 92.8 cm³/mol. The van der Waals surface area contributed by atoms with Gasteiger partial charge in [-0.3, -0.25) is 4.79 Å². The second-order valence-electron chi connectivity index (χ2n) is 5.17. The maximum absolute atomic E-state index is 12.7. The number of amides is 1. The summed E-state index contributed by atoms with van der Waals surface area (Å²) in [6, 6.07) is 13.3. The van der Waals surface area contributed by atoms with Gasteiger partial charge in [0, 0.05) is 14.0 Å². The highest BCUT2D eigenvalue weighted by Gasteiger charge is 2.51. The molecule has 0 radical (unpaired) electrons. The fourth-order valence-electron chi connectivity index (χ4n) is 2.38. The quantitative estimate of drug-likeness (QED) is 0.682. The number of anilines is 1. The summed E-state index contributed by atoms with van der Waals surface area (Å²) in [4.78, 5) is 12.7. The molecule has 2 aromatic rings. The molecule has 0 heterocycles. The number of halogens is 3. The first kappa shape index (κ1) is 15.1. The number of carbonyl (C=O) groups excluding carboxylic acids is 1. The highest BCUT2D eigenvalue weighted by atomic mass is 79.9. The van der Waals surface area contributed by atoms with Gasteiger partial charge >= 0.3 is 0 Å². The van der Waals surface area contributed by atoms with Crippen molar-refractivity contribution in [2.45, 2.75) is 18.3 Å². The van der Waals surface area contributed by atoms with Crippen molar-refractivity contribution in [3.8, 4) is 0 Å². The molecular formula is C16H12Br2ClNO. The summed E-state index contributed by atoms with van der Waals surface area (Å²) in [5.41, 5.74) is 1.39. The van der Waals surface area contributed by atoms with E-state index >= 15 is 0 Å². The van der Waals surface area contributed by atoms with E-state index in [-0.39, 0.29) is 5.91 Å². The topological polar surface area (TPSA) is 29.1 Å². The predicted octanol–water partition coefficient (Wildman–Crippen LogP) is 5.54. The van der Waals surface area contributed by atoms with Crippen molar-refractivity contribution in [2.24, 2.45) is 0 Å². The van der Waals surface area contributed by atoms with Crippen LogP contribution in [0.1, 0.15) is 18.4 Å². The molecule has 1 amide bonds. The van der Waals surface area contributed by atoms with Gasteiger partial charge in [0.2, 0.25) is 5.91 Å². The third-order valence-corrected chi connectivity index (χ3v) is 5.19. The summed E-state index contributed by atoms with van der Waals surface area (Å²) in [7, 11) is 0. The molecule has 2 nitrogen and oxygen atoms in total. The minimum atomic E-state index is -0.410. The highest BCUT2D eigenvalue weighted by Crippen LogP contribution is 2.49. The molecule has 0 saturated heterocycles. The summed E-state index contributed by atoms with van der Waals surface area (Å²) in [6.45, 7) is 0. The van der Waals surface area contributed by atoms with E-state index in [0.717, 1.165) is 33.0 Å². The van der Waals surface area contributed by atoms with Gasteiger partial charge in [-0.1, -0.05) is 39.7 Å². The lowest BCUT2D eigenvalue weighted by atomic mass is 9.95. The van der Waals surface area contributed by atoms with Gasteiger partial charge < -0.3 is 5.32 Å². The third kappa shape index (κ3) is 3.03. The fraction of sp³-hybridized carbons (Fsp3) is 0.188. The Morgan fingerprint density at radius 2 is 1.76 bits per heavy atom. The average Bonchev–Trinajstić information content (AvgIpc) is 3.25. The van der Waals surface area contributed by atoms with Crippen molar-refractivity contribution in [1.82, 2.24) is 0 Å². The highest BCUT2D eigenvalue weighted by molar-refractivity contribution is 9.11. The summed E-state index contributed by atoms with van der Waals surface area (Å²) >= 11 is 12.8. The normalized spacial score (nSPS) is 15.6. The SMILES string of the molecule is O=C(Nc1cc(Br)ccc1Br)C1(c2ccc(Cl)cc2)CC1. The Morgan fingerprint density at radius 3 is 2.38 bits per heavy atom. The van der Waals surface area contributed by atoms with Crippen LogP contribution in [0.2, 0.25) is 5.02 Å². The van der Waals surface area contributed by atoms with Crippen molar-refractivity contribution < 1.29 is 4.79 Å². The zero-order valence-electron chi connectivity index (χ0n) is 11.0. The number of hydrogen-bond donors (Lipinski definition) is 1. The lowest BCUT2D eigenvalue weighted by molar-refractivity contribution is -0.118. The Kier molecular flexibility index (Phi) is 4.12. The fourth-order valence-corrected chi connectivity index (χ4v) is 3.21. The first-order valence-corrected chi connectivity index (χ1v) is 8.50. The second kappa shape index (κ2) is 5.75. The molecule has 0 unspecified atom stereocenters. The Hall–Kier alpha value is -0.840. The average molecular weight is 430 g/mol. The van der Waals surface area contributed by atoms with E-state index in [0.29, 0.717) is 5.02 Å². The molecule has 3 rings (SSSR count). The Bertz CT molecular complexity index is 696. The van der Waals surface area contributed by atoms with Crippen LogP contribution >= 0.6 is 43.5 Å². The van der Waals surface area contributed by atoms with Crippen molar-refractivity contribution in [2.75, 3.05) is 5.32 Å². The van der Waals surface area contributed by atoms with Gasteiger partial charge in [0.1, 0.15) is 0 Å². The van der Waals surface area contributed by atoms with Crippen LogP contribution in [0.15, 0.2) is 51.4 Å². The first-order valence-electron chi connectivity index (χ1n) is 6.54. The Labute approximate surface area is 145 Å². The van der Waals surface area contributed by atoms with Crippen LogP contribution in [0.3, 0.4) is 0 Å². The lowest BCUT2D eigenvalue weighted by Gasteiger charge is -2.17. The summed E-state index contributed by atoms with van der Waals surface area (Å²) in [6.07, 6.45) is 1.73. The van der Waals surface area contributed by atoms with Gasteiger partial charge in [0.25, 0.3) is 0 Å². The maximum atomic E-state index is 12.7. The number of carbonyl (C=O) groups is 1. The number of nitrogens with one attached hydrogen (secondary N) is 1. The number of hydrogen-bond acceptors (Lipinski definition) is 1. The molecule has 0 aromatic heterocycles. The molecule has 1 N–H and O–H groups in total. The lowest BCUT2D eigenvalue weighted by Crippen LogP contribution is -2.27. The van der Waals surface area contributed by atoms with Crippen molar-refractivity contribution in [3.63, 3.8) is 0 Å². The van der Waals surface area contributed by atoms with Crippen LogP contribution in [0.25, 0.3) is 0 Å². The van der Waals surface area contributed by atoms with E-state index in [2.05, 4.69) is 37.2 Å². The largest absolute Gasteiger partial charge is 0.324 e. The molecular weight excluding hydrogens is 417 g/mol. The van der Waals surface area contributed by atoms with E-state index < -0.39 is 5.41 Å². The van der Waals surface area contributed by atoms with Gasteiger partial charge in [-0.05, 0) is 64.7 Å². The summed E-state index contributed by atoms with van der Waals surface area (Å²) < 4.78 is 1.79. The van der Waals surface area contributed by atoms with Crippen LogP contribution in [0.4, 0.5) is 5.69 Å². The molecule has 1 saturated carbocycles. The van der Waals surface area contributed by atoms with Gasteiger partial charge in [0.05, 0.1) is 11.1 Å². The van der Waals surface area contributed by atoms with Crippen LogP contribution < -0.4 is 5.32 Å². The Morgan fingerprint density at radius 1 is 1.10 bits per heavy atom. The number of rotatable bonds is 3. The molecule has 21 heavy (non-hydrogen) atoms. The maximum Gasteiger partial charge on any atom is 0.235 e. The number of benzene rings is 2.